The van der Waals surface area contributed by atoms with Crippen LogP contribution in [0.2, 0.25) is 0 Å². The van der Waals surface area contributed by atoms with Gasteiger partial charge in [0, 0.05) is 0 Å². The first-order valence-electron chi connectivity index (χ1n) is 7.04. The normalized spacial score (nSPS) is 13.8. The molecule has 0 saturated carbocycles. The maximum Gasteiger partial charge on any atom is 0.320 e. The molecule has 0 heterocycles. The van der Waals surface area contributed by atoms with Crippen LogP contribution in [0.1, 0.15) is 24.8 Å². The van der Waals surface area contributed by atoms with Gasteiger partial charge in [0.2, 0.25) is 0 Å². The molecule has 120 valence electrons. The maximum absolute atomic E-state index is 11.9. The number of ether oxygens (including phenoxy) is 1. The maximum atomic E-state index is 11.9. The van der Waals surface area contributed by atoms with Crippen LogP contribution in [-0.4, -0.2) is 36.1 Å². The molecule has 0 fully saturated rings. The van der Waals surface area contributed by atoms with Gasteiger partial charge >= 0.3 is 5.97 Å². The van der Waals surface area contributed by atoms with Gasteiger partial charge in [-0.3, -0.25) is 9.59 Å². The average molecular weight is 306 g/mol. The molecule has 0 amide bonds. The Morgan fingerprint density at radius 2 is 1.77 bits per heavy atom. The number of rotatable bonds is 9. The summed E-state index contributed by atoms with van der Waals surface area (Å²) in [5.41, 5.74) is 12.0. The van der Waals surface area contributed by atoms with E-state index >= 15 is 0 Å². The minimum absolute atomic E-state index is 0.195. The molecule has 6 heteroatoms. The molecule has 0 aliphatic rings. The van der Waals surface area contributed by atoms with Crippen LogP contribution in [0.4, 0.5) is 0 Å². The second kappa shape index (κ2) is 8.96. The number of aliphatic carboxylic acids is 1. The van der Waals surface area contributed by atoms with Crippen LogP contribution >= 0.6 is 0 Å². The van der Waals surface area contributed by atoms with E-state index in [2.05, 4.69) is 0 Å². The third-order valence-electron chi connectivity index (χ3n) is 3.27. The van der Waals surface area contributed by atoms with E-state index in [4.69, 9.17) is 21.3 Å². The third-order valence-corrected chi connectivity index (χ3v) is 3.27. The lowest BCUT2D eigenvalue weighted by Crippen LogP contribution is -2.32. The number of carboxylic acids is 1. The van der Waals surface area contributed by atoms with E-state index < -0.39 is 18.1 Å². The summed E-state index contributed by atoms with van der Waals surface area (Å²) in [6, 6.07) is 5.72. The predicted molar refractivity (Wildman–Crippen MR) is 84.5 cm³/mol. The predicted octanol–water partition coefficient (Wildman–Crippen LogP) is 1.19. The summed E-state index contributed by atoms with van der Waals surface area (Å²) in [6.45, 7) is 0. The summed E-state index contributed by atoms with van der Waals surface area (Å²) in [5.74, 6) is -0.492. The van der Waals surface area contributed by atoms with E-state index in [-0.39, 0.29) is 5.78 Å². The number of hydrogen-bond donors (Lipinski definition) is 3. The van der Waals surface area contributed by atoms with E-state index in [1.807, 2.05) is 12.1 Å². The summed E-state index contributed by atoms with van der Waals surface area (Å²) in [5, 5.41) is 8.66. The van der Waals surface area contributed by atoms with Crippen molar-refractivity contribution in [3.8, 4) is 5.75 Å². The lowest BCUT2D eigenvalue weighted by molar-refractivity contribution is -0.138. The highest BCUT2D eigenvalue weighted by Crippen LogP contribution is 2.12. The van der Waals surface area contributed by atoms with Gasteiger partial charge in [-0.2, -0.15) is 0 Å². The van der Waals surface area contributed by atoms with Crippen LogP contribution in [0.15, 0.2) is 30.3 Å². The summed E-state index contributed by atoms with van der Waals surface area (Å²) in [7, 11) is 1.59. The Morgan fingerprint density at radius 3 is 2.32 bits per heavy atom. The van der Waals surface area contributed by atoms with Crippen molar-refractivity contribution in [3.05, 3.63) is 35.9 Å². The zero-order chi connectivity index (χ0) is 16.5. The van der Waals surface area contributed by atoms with Crippen molar-refractivity contribution in [2.24, 2.45) is 11.5 Å². The fraction of sp³-hybridized carbons (Fsp3) is 0.375. The molecule has 0 aliphatic heterocycles. The third kappa shape index (κ3) is 6.07. The second-order valence-electron chi connectivity index (χ2n) is 4.99. The fourth-order valence-electron chi connectivity index (χ4n) is 1.84. The van der Waals surface area contributed by atoms with Gasteiger partial charge < -0.3 is 21.3 Å². The Bertz CT molecular complexity index is 525. The Hall–Kier alpha value is -2.18. The Labute approximate surface area is 129 Å². The van der Waals surface area contributed by atoms with Crippen molar-refractivity contribution in [1.29, 1.82) is 0 Å². The first kappa shape index (κ1) is 17.9. The molecule has 0 aliphatic carbocycles. The van der Waals surface area contributed by atoms with Gasteiger partial charge in [0.1, 0.15) is 11.8 Å². The van der Waals surface area contributed by atoms with Crippen molar-refractivity contribution in [3.63, 3.8) is 0 Å². The molecule has 0 bridgehead atoms. The number of carboxylic acid groups (broad SMARTS) is 1. The fourth-order valence-corrected chi connectivity index (χ4v) is 1.84. The highest BCUT2D eigenvalue weighted by Gasteiger charge is 2.14. The molecular weight excluding hydrogens is 284 g/mol. The Kier molecular flexibility index (Phi) is 7.28. The number of carbonyl (C=O) groups excluding carboxylic acids is 1. The molecule has 0 spiro atoms. The van der Waals surface area contributed by atoms with Crippen LogP contribution in [0, 0.1) is 0 Å². The molecule has 22 heavy (non-hydrogen) atoms. The van der Waals surface area contributed by atoms with E-state index in [0.29, 0.717) is 19.3 Å². The molecule has 6 nitrogen and oxygen atoms in total. The van der Waals surface area contributed by atoms with Gasteiger partial charge in [0.05, 0.1) is 13.2 Å². The number of ketones is 1. The standard InChI is InChI=1S/C16H22N2O4/c1-22-12-8-5-11(6-9-12)7-10-15(19)13(17)3-2-4-14(18)16(20)21/h5-10,13-14H,2-4,17-18H2,1H3,(H,20,21)/t13?,14-/m0/s1. The van der Waals surface area contributed by atoms with Gasteiger partial charge in [0.25, 0.3) is 0 Å². The van der Waals surface area contributed by atoms with Crippen LogP contribution < -0.4 is 16.2 Å². The summed E-state index contributed by atoms with van der Waals surface area (Å²) >= 11 is 0. The van der Waals surface area contributed by atoms with Crippen LogP contribution in [0.5, 0.6) is 5.75 Å². The first-order valence-corrected chi connectivity index (χ1v) is 7.04. The number of benzene rings is 1. The molecule has 5 N–H and O–H groups in total. The van der Waals surface area contributed by atoms with Crippen molar-refractivity contribution in [1.82, 2.24) is 0 Å². The van der Waals surface area contributed by atoms with Crippen LogP contribution in [0.25, 0.3) is 6.08 Å². The first-order chi connectivity index (χ1) is 10.4. The number of methoxy groups -OCH3 is 1. The second-order valence-corrected chi connectivity index (χ2v) is 4.99. The van der Waals surface area contributed by atoms with Crippen molar-refractivity contribution in [2.75, 3.05) is 7.11 Å². The lowest BCUT2D eigenvalue weighted by atomic mass is 10.0. The molecule has 1 unspecified atom stereocenters. The average Bonchev–Trinajstić information content (AvgIpc) is 2.52. The highest BCUT2D eigenvalue weighted by atomic mass is 16.5. The van der Waals surface area contributed by atoms with Crippen LogP contribution in [0.3, 0.4) is 0 Å². The number of hydrogen-bond acceptors (Lipinski definition) is 5. The molecule has 0 radical (unpaired) electrons. The lowest BCUT2D eigenvalue weighted by Gasteiger charge is -2.09. The Morgan fingerprint density at radius 1 is 1.18 bits per heavy atom. The largest absolute Gasteiger partial charge is 0.497 e. The van der Waals surface area contributed by atoms with Crippen molar-refractivity contribution < 1.29 is 19.4 Å². The SMILES string of the molecule is COc1ccc(C=CC(=O)C(N)CCC[C@H](N)C(=O)O)cc1. The zero-order valence-corrected chi connectivity index (χ0v) is 12.6. The Balaban J connectivity index is 2.42. The quantitative estimate of drug-likeness (QED) is 0.590. The topological polar surface area (TPSA) is 116 Å². The van der Waals surface area contributed by atoms with Gasteiger partial charge in [0.15, 0.2) is 5.78 Å². The van der Waals surface area contributed by atoms with Gasteiger partial charge in [-0.1, -0.05) is 18.2 Å². The number of carbonyl (C=O) groups is 2. The van der Waals surface area contributed by atoms with E-state index in [1.165, 1.54) is 6.08 Å². The van der Waals surface area contributed by atoms with Crippen molar-refractivity contribution in [2.45, 2.75) is 31.3 Å². The summed E-state index contributed by atoms with van der Waals surface area (Å²) in [6.07, 6.45) is 4.33. The zero-order valence-electron chi connectivity index (χ0n) is 12.6. The van der Waals surface area contributed by atoms with Gasteiger partial charge in [-0.15, -0.1) is 0 Å². The monoisotopic (exact) mass is 306 g/mol. The van der Waals surface area contributed by atoms with Crippen LogP contribution in [-0.2, 0) is 9.59 Å². The molecule has 0 aromatic heterocycles. The molecule has 1 aromatic carbocycles. The minimum atomic E-state index is -1.04. The molecule has 1 aromatic rings. The highest BCUT2D eigenvalue weighted by molar-refractivity contribution is 5.97. The molecule has 1 rings (SSSR count). The van der Waals surface area contributed by atoms with E-state index in [1.54, 1.807) is 25.3 Å². The number of nitrogens with two attached hydrogens (primary N) is 2. The minimum Gasteiger partial charge on any atom is -0.497 e. The summed E-state index contributed by atoms with van der Waals surface area (Å²) < 4.78 is 5.05. The molecular formula is C16H22N2O4. The van der Waals surface area contributed by atoms with Gasteiger partial charge in [-0.05, 0) is 43.0 Å². The molecule has 0 saturated heterocycles. The summed E-state index contributed by atoms with van der Waals surface area (Å²) in [4.78, 5) is 22.4. The van der Waals surface area contributed by atoms with Crippen molar-refractivity contribution >= 4 is 17.8 Å². The van der Waals surface area contributed by atoms with E-state index in [9.17, 15) is 9.59 Å². The van der Waals surface area contributed by atoms with Gasteiger partial charge in [-0.25, -0.2) is 0 Å². The van der Waals surface area contributed by atoms with E-state index in [0.717, 1.165) is 11.3 Å². The smallest absolute Gasteiger partial charge is 0.320 e. The molecule has 2 atom stereocenters.